The minimum absolute atomic E-state index is 0.109. The fraction of sp³-hybridized carbons (Fsp3) is 0.211. The summed E-state index contributed by atoms with van der Waals surface area (Å²) in [7, 11) is 3.20. The van der Waals surface area contributed by atoms with E-state index in [1.807, 2.05) is 42.5 Å². The number of amides is 1. The lowest BCUT2D eigenvalue weighted by Gasteiger charge is -2.08. The first-order valence-electron chi connectivity index (χ1n) is 8.08. The van der Waals surface area contributed by atoms with Crippen LogP contribution in [0.4, 0.5) is 5.13 Å². The molecule has 3 aromatic rings. The molecule has 0 bridgehead atoms. The summed E-state index contributed by atoms with van der Waals surface area (Å²) in [6, 6.07) is 15.3. The molecule has 0 aliphatic carbocycles. The largest absolute Gasteiger partial charge is 0.497 e. The van der Waals surface area contributed by atoms with E-state index in [2.05, 4.69) is 15.5 Å². The normalized spacial score (nSPS) is 10.4. The average molecular weight is 369 g/mol. The summed E-state index contributed by atoms with van der Waals surface area (Å²) in [5.41, 5.74) is 1.95. The molecular weight excluding hydrogens is 350 g/mol. The summed E-state index contributed by atoms with van der Waals surface area (Å²) in [5.74, 6) is 1.30. The standard InChI is InChI=1S/C19H19N3O3S/c1-24-15-10-13(11-16(12-15)25-2)8-9-17(23)20-19-22-21-18(26-19)14-6-4-3-5-7-14/h3-7,10-12H,8-9H2,1-2H3,(H,20,22,23). The summed E-state index contributed by atoms with van der Waals surface area (Å²) in [6.45, 7) is 0. The highest BCUT2D eigenvalue weighted by Gasteiger charge is 2.10. The summed E-state index contributed by atoms with van der Waals surface area (Å²) < 4.78 is 10.5. The van der Waals surface area contributed by atoms with Crippen molar-refractivity contribution in [3.8, 4) is 22.1 Å². The number of carbonyl (C=O) groups excluding carboxylic acids is 1. The second kappa shape index (κ2) is 8.44. The van der Waals surface area contributed by atoms with Crippen molar-refractivity contribution in [3.05, 3.63) is 54.1 Å². The number of hydrogen-bond acceptors (Lipinski definition) is 6. The average Bonchev–Trinajstić information content (AvgIpc) is 3.15. The number of methoxy groups -OCH3 is 2. The minimum atomic E-state index is -0.109. The van der Waals surface area contributed by atoms with Crippen LogP contribution >= 0.6 is 11.3 Å². The molecule has 0 saturated heterocycles. The summed E-state index contributed by atoms with van der Waals surface area (Å²) in [4.78, 5) is 12.2. The van der Waals surface area contributed by atoms with Crippen molar-refractivity contribution in [1.82, 2.24) is 10.2 Å². The Bertz CT molecular complexity index is 858. The molecule has 134 valence electrons. The zero-order valence-corrected chi connectivity index (χ0v) is 15.4. The summed E-state index contributed by atoms with van der Waals surface area (Å²) in [5, 5.41) is 12.2. The van der Waals surface area contributed by atoms with Gasteiger partial charge in [0.2, 0.25) is 11.0 Å². The Morgan fingerprint density at radius 1 is 1.04 bits per heavy atom. The number of anilines is 1. The maximum absolute atomic E-state index is 12.2. The van der Waals surface area contributed by atoms with Gasteiger partial charge in [0.15, 0.2) is 0 Å². The van der Waals surface area contributed by atoms with Gasteiger partial charge >= 0.3 is 0 Å². The van der Waals surface area contributed by atoms with Crippen LogP contribution < -0.4 is 14.8 Å². The number of ether oxygens (including phenoxy) is 2. The third-order valence-corrected chi connectivity index (χ3v) is 4.63. The Kier molecular flexibility index (Phi) is 5.80. The molecular formula is C19H19N3O3S. The fourth-order valence-electron chi connectivity index (χ4n) is 2.42. The van der Waals surface area contributed by atoms with Gasteiger partial charge in [-0.25, -0.2) is 0 Å². The van der Waals surface area contributed by atoms with E-state index < -0.39 is 0 Å². The van der Waals surface area contributed by atoms with Crippen molar-refractivity contribution in [2.24, 2.45) is 0 Å². The number of hydrogen-bond donors (Lipinski definition) is 1. The van der Waals surface area contributed by atoms with E-state index in [0.717, 1.165) is 16.1 Å². The Balaban J connectivity index is 1.59. The van der Waals surface area contributed by atoms with Crippen LogP contribution in [-0.2, 0) is 11.2 Å². The molecule has 3 rings (SSSR count). The molecule has 0 fully saturated rings. The van der Waals surface area contributed by atoms with Crippen LogP contribution in [-0.4, -0.2) is 30.3 Å². The molecule has 0 spiro atoms. The van der Waals surface area contributed by atoms with Gasteiger partial charge in [-0.15, -0.1) is 10.2 Å². The van der Waals surface area contributed by atoms with Crippen LogP contribution in [0, 0.1) is 0 Å². The lowest BCUT2D eigenvalue weighted by Crippen LogP contribution is -2.12. The van der Waals surface area contributed by atoms with Crippen LogP contribution in [0.1, 0.15) is 12.0 Å². The van der Waals surface area contributed by atoms with Crippen LogP contribution in [0.2, 0.25) is 0 Å². The van der Waals surface area contributed by atoms with E-state index in [9.17, 15) is 4.79 Å². The molecule has 0 aliphatic heterocycles. The van der Waals surface area contributed by atoms with E-state index in [0.29, 0.717) is 29.5 Å². The molecule has 0 saturated carbocycles. The Hall–Kier alpha value is -2.93. The first kappa shape index (κ1) is 17.9. The zero-order chi connectivity index (χ0) is 18.4. The maximum Gasteiger partial charge on any atom is 0.226 e. The summed E-state index contributed by atoms with van der Waals surface area (Å²) in [6.07, 6.45) is 0.903. The molecule has 0 unspecified atom stereocenters. The van der Waals surface area contributed by atoms with Gasteiger partial charge in [-0.3, -0.25) is 4.79 Å². The number of nitrogens with one attached hydrogen (secondary N) is 1. The first-order chi connectivity index (χ1) is 12.7. The molecule has 7 heteroatoms. The molecule has 6 nitrogen and oxygen atoms in total. The fourth-order valence-corrected chi connectivity index (χ4v) is 3.19. The van der Waals surface area contributed by atoms with Crippen molar-refractivity contribution in [1.29, 1.82) is 0 Å². The highest BCUT2D eigenvalue weighted by atomic mass is 32.1. The monoisotopic (exact) mass is 369 g/mol. The lowest BCUT2D eigenvalue weighted by molar-refractivity contribution is -0.116. The molecule has 2 aromatic carbocycles. The second-order valence-corrected chi connectivity index (χ2v) is 6.53. The second-order valence-electron chi connectivity index (χ2n) is 5.55. The lowest BCUT2D eigenvalue weighted by atomic mass is 10.1. The van der Waals surface area contributed by atoms with E-state index in [-0.39, 0.29) is 5.91 Å². The van der Waals surface area contributed by atoms with Crippen LogP contribution in [0.15, 0.2) is 48.5 Å². The van der Waals surface area contributed by atoms with Crippen LogP contribution in [0.25, 0.3) is 10.6 Å². The zero-order valence-electron chi connectivity index (χ0n) is 14.6. The van der Waals surface area contributed by atoms with Crippen molar-refractivity contribution in [3.63, 3.8) is 0 Å². The van der Waals surface area contributed by atoms with Gasteiger partial charge in [-0.05, 0) is 24.1 Å². The Labute approximate surface area is 155 Å². The highest BCUT2D eigenvalue weighted by Crippen LogP contribution is 2.26. The molecule has 26 heavy (non-hydrogen) atoms. The third-order valence-electron chi connectivity index (χ3n) is 3.74. The van der Waals surface area contributed by atoms with Crippen molar-refractivity contribution >= 4 is 22.4 Å². The van der Waals surface area contributed by atoms with E-state index >= 15 is 0 Å². The van der Waals surface area contributed by atoms with Crippen molar-refractivity contribution in [2.45, 2.75) is 12.8 Å². The number of benzene rings is 2. The Morgan fingerprint density at radius 2 is 1.73 bits per heavy atom. The molecule has 1 heterocycles. The topological polar surface area (TPSA) is 73.3 Å². The van der Waals surface area contributed by atoms with E-state index in [1.54, 1.807) is 20.3 Å². The SMILES string of the molecule is COc1cc(CCC(=O)Nc2nnc(-c3ccccc3)s2)cc(OC)c1. The maximum atomic E-state index is 12.2. The number of carbonyl (C=O) groups is 1. The summed E-state index contributed by atoms with van der Waals surface area (Å²) >= 11 is 1.35. The van der Waals surface area contributed by atoms with Gasteiger partial charge in [0, 0.05) is 18.1 Å². The number of aromatic nitrogens is 2. The van der Waals surface area contributed by atoms with Gasteiger partial charge in [0.1, 0.15) is 16.5 Å². The molecule has 0 atom stereocenters. The smallest absolute Gasteiger partial charge is 0.226 e. The molecule has 1 amide bonds. The first-order valence-corrected chi connectivity index (χ1v) is 8.90. The van der Waals surface area contributed by atoms with Gasteiger partial charge in [0.25, 0.3) is 0 Å². The highest BCUT2D eigenvalue weighted by molar-refractivity contribution is 7.18. The molecule has 1 aromatic heterocycles. The number of aryl methyl sites for hydroxylation is 1. The van der Waals surface area contributed by atoms with Crippen LogP contribution in [0.3, 0.4) is 0 Å². The van der Waals surface area contributed by atoms with E-state index in [4.69, 9.17) is 9.47 Å². The number of rotatable bonds is 7. The third kappa shape index (κ3) is 4.58. The van der Waals surface area contributed by atoms with Crippen LogP contribution in [0.5, 0.6) is 11.5 Å². The minimum Gasteiger partial charge on any atom is -0.497 e. The molecule has 1 N–H and O–H groups in total. The van der Waals surface area contributed by atoms with Gasteiger partial charge < -0.3 is 14.8 Å². The Morgan fingerprint density at radius 3 is 2.38 bits per heavy atom. The van der Waals surface area contributed by atoms with Gasteiger partial charge in [0.05, 0.1) is 14.2 Å². The molecule has 0 radical (unpaired) electrons. The predicted octanol–water partition coefficient (Wildman–Crippen LogP) is 3.79. The van der Waals surface area contributed by atoms with Crippen molar-refractivity contribution < 1.29 is 14.3 Å². The van der Waals surface area contributed by atoms with Gasteiger partial charge in [-0.2, -0.15) is 0 Å². The quantitative estimate of drug-likeness (QED) is 0.686. The molecule has 0 aliphatic rings. The van der Waals surface area contributed by atoms with E-state index in [1.165, 1.54) is 11.3 Å². The predicted molar refractivity (Wildman–Crippen MR) is 102 cm³/mol. The van der Waals surface area contributed by atoms with Gasteiger partial charge in [-0.1, -0.05) is 41.7 Å². The number of nitrogens with zero attached hydrogens (tertiary/aromatic N) is 2. The van der Waals surface area contributed by atoms with Crippen molar-refractivity contribution in [2.75, 3.05) is 19.5 Å².